The Kier molecular flexibility index (Phi) is 4.05. The van der Waals surface area contributed by atoms with Crippen LogP contribution in [0.3, 0.4) is 0 Å². The molecule has 0 unspecified atom stereocenters. The monoisotopic (exact) mass is 257 g/mol. The Balaban J connectivity index is 2.50. The molecule has 0 spiro atoms. The molecule has 3 nitrogen and oxygen atoms in total. The van der Waals surface area contributed by atoms with Crippen LogP contribution in [0.1, 0.15) is 22.6 Å². The molecule has 102 valence electrons. The van der Waals surface area contributed by atoms with E-state index >= 15 is 0 Å². The zero-order valence-corrected chi connectivity index (χ0v) is 12.5. The van der Waals surface area contributed by atoms with Crippen molar-refractivity contribution in [2.24, 2.45) is 7.05 Å². The molecule has 2 rings (SSSR count). The van der Waals surface area contributed by atoms with Crippen molar-refractivity contribution in [3.63, 3.8) is 0 Å². The first kappa shape index (κ1) is 13.8. The number of likely N-dealkylation sites (N-methyl/N-ethyl adjacent to an activating group) is 1. The van der Waals surface area contributed by atoms with Crippen LogP contribution in [0.5, 0.6) is 0 Å². The summed E-state index contributed by atoms with van der Waals surface area (Å²) < 4.78 is 2.23. The second-order valence-corrected chi connectivity index (χ2v) is 5.19. The van der Waals surface area contributed by atoms with Gasteiger partial charge in [0.2, 0.25) is 0 Å². The van der Waals surface area contributed by atoms with Crippen LogP contribution in [0.15, 0.2) is 18.2 Å². The van der Waals surface area contributed by atoms with Crippen molar-refractivity contribution in [2.45, 2.75) is 27.2 Å². The highest BCUT2D eigenvalue weighted by Gasteiger charge is 2.14. The van der Waals surface area contributed by atoms with Gasteiger partial charge in [-0.2, -0.15) is 0 Å². The second-order valence-electron chi connectivity index (χ2n) is 5.19. The normalized spacial score (nSPS) is 11.0. The molecular weight excluding hydrogens is 234 g/mol. The summed E-state index contributed by atoms with van der Waals surface area (Å²) in [5.41, 5.74) is 6.24. The van der Waals surface area contributed by atoms with E-state index in [0.717, 1.165) is 24.5 Å². The highest BCUT2D eigenvalue weighted by atomic mass is 15.1. The number of nitrogens with one attached hydrogen (secondary N) is 1. The SMILES string of the molecule is CNCCc1nc(C)c(-c2cc(C)ccc2C)n1C. The van der Waals surface area contributed by atoms with Gasteiger partial charge in [-0.25, -0.2) is 4.98 Å². The standard InChI is InChI=1S/C16H23N3/c1-11-6-7-12(2)14(10-11)16-13(3)18-15(19(16)5)8-9-17-4/h6-7,10,17H,8-9H2,1-5H3. The van der Waals surface area contributed by atoms with Crippen molar-refractivity contribution in [3.05, 3.63) is 40.8 Å². The molecule has 0 saturated carbocycles. The number of aryl methyl sites for hydroxylation is 3. The smallest absolute Gasteiger partial charge is 0.110 e. The Morgan fingerprint density at radius 3 is 2.63 bits per heavy atom. The van der Waals surface area contributed by atoms with Gasteiger partial charge >= 0.3 is 0 Å². The average Bonchev–Trinajstić information content (AvgIpc) is 2.65. The van der Waals surface area contributed by atoms with Crippen molar-refractivity contribution in [1.82, 2.24) is 14.9 Å². The first-order valence-electron chi connectivity index (χ1n) is 6.79. The van der Waals surface area contributed by atoms with E-state index in [9.17, 15) is 0 Å². The van der Waals surface area contributed by atoms with Gasteiger partial charge in [-0.3, -0.25) is 0 Å². The third kappa shape index (κ3) is 2.71. The van der Waals surface area contributed by atoms with Crippen molar-refractivity contribution < 1.29 is 0 Å². The minimum absolute atomic E-state index is 0.955. The maximum atomic E-state index is 4.72. The molecule has 19 heavy (non-hydrogen) atoms. The number of benzene rings is 1. The topological polar surface area (TPSA) is 29.9 Å². The van der Waals surface area contributed by atoms with E-state index in [2.05, 4.69) is 55.9 Å². The fourth-order valence-corrected chi connectivity index (χ4v) is 2.52. The number of hydrogen-bond acceptors (Lipinski definition) is 2. The zero-order valence-electron chi connectivity index (χ0n) is 12.5. The summed E-state index contributed by atoms with van der Waals surface area (Å²) >= 11 is 0. The lowest BCUT2D eigenvalue weighted by Gasteiger charge is -2.10. The Hall–Kier alpha value is -1.61. The van der Waals surface area contributed by atoms with Gasteiger partial charge in [-0.05, 0) is 39.4 Å². The van der Waals surface area contributed by atoms with E-state index in [1.54, 1.807) is 0 Å². The fraction of sp³-hybridized carbons (Fsp3) is 0.438. The molecule has 0 aliphatic carbocycles. The molecule has 2 aromatic rings. The van der Waals surface area contributed by atoms with Gasteiger partial charge in [-0.1, -0.05) is 17.7 Å². The second kappa shape index (κ2) is 5.57. The Morgan fingerprint density at radius 2 is 1.95 bits per heavy atom. The molecule has 0 bridgehead atoms. The van der Waals surface area contributed by atoms with Gasteiger partial charge in [0.25, 0.3) is 0 Å². The third-order valence-corrected chi connectivity index (χ3v) is 3.61. The first-order valence-corrected chi connectivity index (χ1v) is 6.79. The number of aromatic nitrogens is 2. The van der Waals surface area contributed by atoms with Crippen LogP contribution < -0.4 is 5.32 Å². The highest BCUT2D eigenvalue weighted by Crippen LogP contribution is 2.28. The first-order chi connectivity index (χ1) is 9.04. The predicted octanol–water partition coefficient (Wildman–Crippen LogP) is 2.77. The maximum absolute atomic E-state index is 4.72. The molecule has 0 radical (unpaired) electrons. The molecule has 1 aromatic heterocycles. The van der Waals surface area contributed by atoms with Gasteiger partial charge < -0.3 is 9.88 Å². The summed E-state index contributed by atoms with van der Waals surface area (Å²) in [4.78, 5) is 4.72. The Bertz CT molecular complexity index is 582. The van der Waals surface area contributed by atoms with Crippen LogP contribution in [0.4, 0.5) is 0 Å². The Labute approximate surface area is 115 Å². The van der Waals surface area contributed by atoms with E-state index in [1.807, 2.05) is 7.05 Å². The predicted molar refractivity (Wildman–Crippen MR) is 80.5 cm³/mol. The summed E-state index contributed by atoms with van der Waals surface area (Å²) in [7, 11) is 4.09. The summed E-state index contributed by atoms with van der Waals surface area (Å²) in [6.45, 7) is 7.35. The molecule has 0 saturated heterocycles. The van der Waals surface area contributed by atoms with Crippen LogP contribution >= 0.6 is 0 Å². The van der Waals surface area contributed by atoms with Crippen molar-refractivity contribution in [2.75, 3.05) is 13.6 Å². The molecule has 0 aliphatic rings. The number of hydrogen-bond donors (Lipinski definition) is 1. The largest absolute Gasteiger partial charge is 0.331 e. The van der Waals surface area contributed by atoms with E-state index in [4.69, 9.17) is 4.98 Å². The molecule has 0 amide bonds. The molecule has 0 aliphatic heterocycles. The van der Waals surface area contributed by atoms with Gasteiger partial charge in [0, 0.05) is 25.6 Å². The van der Waals surface area contributed by atoms with Crippen molar-refractivity contribution >= 4 is 0 Å². The molecule has 0 fully saturated rings. The molecule has 1 N–H and O–H groups in total. The third-order valence-electron chi connectivity index (χ3n) is 3.61. The minimum atomic E-state index is 0.955. The summed E-state index contributed by atoms with van der Waals surface area (Å²) in [6.07, 6.45) is 0.957. The lowest BCUT2D eigenvalue weighted by molar-refractivity contribution is 0.719. The van der Waals surface area contributed by atoms with E-state index in [1.165, 1.54) is 22.4 Å². The molecule has 1 heterocycles. The molecule has 3 heteroatoms. The Morgan fingerprint density at radius 1 is 1.21 bits per heavy atom. The molecular formula is C16H23N3. The van der Waals surface area contributed by atoms with E-state index < -0.39 is 0 Å². The highest BCUT2D eigenvalue weighted by molar-refractivity contribution is 5.67. The number of rotatable bonds is 4. The van der Waals surface area contributed by atoms with Crippen LogP contribution in [-0.4, -0.2) is 23.1 Å². The van der Waals surface area contributed by atoms with Crippen molar-refractivity contribution in [3.8, 4) is 11.3 Å². The summed E-state index contributed by atoms with van der Waals surface area (Å²) in [5, 5.41) is 3.18. The quantitative estimate of drug-likeness (QED) is 0.912. The lowest BCUT2D eigenvalue weighted by atomic mass is 10.0. The van der Waals surface area contributed by atoms with Gasteiger partial charge in [0.1, 0.15) is 5.82 Å². The lowest BCUT2D eigenvalue weighted by Crippen LogP contribution is -2.13. The maximum Gasteiger partial charge on any atom is 0.110 e. The van der Waals surface area contributed by atoms with Crippen molar-refractivity contribution in [1.29, 1.82) is 0 Å². The fourth-order valence-electron chi connectivity index (χ4n) is 2.52. The number of nitrogens with zero attached hydrogens (tertiary/aromatic N) is 2. The van der Waals surface area contributed by atoms with Gasteiger partial charge in [-0.15, -0.1) is 0 Å². The zero-order chi connectivity index (χ0) is 14.0. The van der Waals surface area contributed by atoms with Crippen LogP contribution in [-0.2, 0) is 13.5 Å². The minimum Gasteiger partial charge on any atom is -0.331 e. The van der Waals surface area contributed by atoms with Gasteiger partial charge in [0.05, 0.1) is 11.4 Å². The average molecular weight is 257 g/mol. The van der Waals surface area contributed by atoms with Crippen LogP contribution in [0, 0.1) is 20.8 Å². The van der Waals surface area contributed by atoms with E-state index in [0.29, 0.717) is 0 Å². The summed E-state index contributed by atoms with van der Waals surface area (Å²) in [6, 6.07) is 6.60. The van der Waals surface area contributed by atoms with Crippen LogP contribution in [0.2, 0.25) is 0 Å². The summed E-state index contributed by atoms with van der Waals surface area (Å²) in [5.74, 6) is 1.14. The van der Waals surface area contributed by atoms with Gasteiger partial charge in [0.15, 0.2) is 0 Å². The molecule has 0 atom stereocenters. The van der Waals surface area contributed by atoms with E-state index in [-0.39, 0.29) is 0 Å². The molecule has 1 aromatic carbocycles. The number of imidazole rings is 1. The van der Waals surface area contributed by atoms with Crippen LogP contribution in [0.25, 0.3) is 11.3 Å².